The van der Waals surface area contributed by atoms with E-state index in [0.717, 1.165) is 12.8 Å². The van der Waals surface area contributed by atoms with Gasteiger partial charge in [0.15, 0.2) is 0 Å². The van der Waals surface area contributed by atoms with Crippen LogP contribution in [0.4, 0.5) is 0 Å². The molecule has 2 fully saturated rings. The summed E-state index contributed by atoms with van der Waals surface area (Å²) in [5.41, 5.74) is -0.0373. The zero-order valence-corrected chi connectivity index (χ0v) is 17.2. The molecule has 3 aliphatic rings. The van der Waals surface area contributed by atoms with Crippen molar-refractivity contribution < 1.29 is 14.3 Å². The van der Waals surface area contributed by atoms with E-state index in [1.807, 2.05) is 17.1 Å². The van der Waals surface area contributed by atoms with Crippen LogP contribution in [0.15, 0.2) is 12.2 Å². The Labute approximate surface area is 163 Å². The maximum atomic E-state index is 13.1. The first kappa shape index (κ1) is 20.3. The van der Waals surface area contributed by atoms with Gasteiger partial charge in [0, 0.05) is 30.2 Å². The van der Waals surface area contributed by atoms with Gasteiger partial charge >= 0.3 is 0 Å². The van der Waals surface area contributed by atoms with Crippen LogP contribution in [-0.2, 0) is 14.3 Å². The SMILES string of the molecule is CC1(C)CC(NC(=O)C2CC=CCC2C(=O)N2CCOCC2)CC(C)(C)N1. The van der Waals surface area contributed by atoms with Gasteiger partial charge in [-0.15, -0.1) is 0 Å². The number of hydrogen-bond acceptors (Lipinski definition) is 4. The van der Waals surface area contributed by atoms with Gasteiger partial charge in [0.2, 0.25) is 11.8 Å². The lowest BCUT2D eigenvalue weighted by Crippen LogP contribution is -2.62. The third-order valence-corrected chi connectivity index (χ3v) is 5.95. The van der Waals surface area contributed by atoms with Crippen molar-refractivity contribution in [2.24, 2.45) is 11.8 Å². The summed E-state index contributed by atoms with van der Waals surface area (Å²) < 4.78 is 5.36. The minimum Gasteiger partial charge on any atom is -0.378 e. The number of ether oxygens (including phenoxy) is 1. The lowest BCUT2D eigenvalue weighted by molar-refractivity contribution is -0.145. The molecule has 2 atom stereocenters. The summed E-state index contributed by atoms with van der Waals surface area (Å²) in [4.78, 5) is 28.0. The summed E-state index contributed by atoms with van der Waals surface area (Å²) in [6.45, 7) is 11.2. The van der Waals surface area contributed by atoms with E-state index in [1.54, 1.807) is 0 Å². The average Bonchev–Trinajstić information content (AvgIpc) is 2.59. The average molecular weight is 378 g/mol. The first-order chi connectivity index (χ1) is 12.7. The van der Waals surface area contributed by atoms with E-state index >= 15 is 0 Å². The Morgan fingerprint density at radius 3 is 2.15 bits per heavy atom. The molecule has 6 nitrogen and oxygen atoms in total. The summed E-state index contributed by atoms with van der Waals surface area (Å²) in [6.07, 6.45) is 7.18. The van der Waals surface area contributed by atoms with Gasteiger partial charge in [-0.3, -0.25) is 9.59 Å². The fraction of sp³-hybridized carbons (Fsp3) is 0.810. The second-order valence-electron chi connectivity index (χ2n) is 9.60. The molecule has 0 aromatic heterocycles. The first-order valence-electron chi connectivity index (χ1n) is 10.3. The molecule has 27 heavy (non-hydrogen) atoms. The lowest BCUT2D eigenvalue weighted by atomic mass is 9.78. The van der Waals surface area contributed by atoms with Crippen LogP contribution in [0.25, 0.3) is 0 Å². The molecule has 6 heteroatoms. The predicted molar refractivity (Wildman–Crippen MR) is 105 cm³/mol. The molecule has 2 N–H and O–H groups in total. The number of amides is 2. The Bertz CT molecular complexity index is 577. The Hall–Kier alpha value is -1.40. The highest BCUT2D eigenvalue weighted by atomic mass is 16.5. The molecule has 3 rings (SSSR count). The molecule has 0 aromatic carbocycles. The van der Waals surface area contributed by atoms with Crippen LogP contribution in [0, 0.1) is 11.8 Å². The molecule has 2 aliphatic heterocycles. The predicted octanol–water partition coefficient (Wildman–Crippen LogP) is 1.85. The molecule has 2 amide bonds. The molecule has 0 bridgehead atoms. The molecule has 0 saturated carbocycles. The molecule has 2 heterocycles. The number of hydrogen-bond donors (Lipinski definition) is 2. The number of allylic oxidation sites excluding steroid dienone is 2. The van der Waals surface area contributed by atoms with Gasteiger partial charge in [-0.05, 0) is 53.4 Å². The van der Waals surface area contributed by atoms with Crippen molar-refractivity contribution in [2.75, 3.05) is 26.3 Å². The number of rotatable bonds is 3. The third kappa shape index (κ3) is 5.11. The van der Waals surface area contributed by atoms with Crippen LogP contribution < -0.4 is 10.6 Å². The maximum Gasteiger partial charge on any atom is 0.226 e. The third-order valence-electron chi connectivity index (χ3n) is 5.95. The van der Waals surface area contributed by atoms with E-state index in [1.165, 1.54) is 0 Å². The van der Waals surface area contributed by atoms with Crippen LogP contribution in [0.2, 0.25) is 0 Å². The van der Waals surface area contributed by atoms with Crippen molar-refractivity contribution in [1.82, 2.24) is 15.5 Å². The molecule has 152 valence electrons. The van der Waals surface area contributed by atoms with Gasteiger partial charge in [0.1, 0.15) is 0 Å². The second-order valence-corrected chi connectivity index (χ2v) is 9.60. The summed E-state index contributed by atoms with van der Waals surface area (Å²) in [7, 11) is 0. The van der Waals surface area contributed by atoms with E-state index < -0.39 is 0 Å². The minimum absolute atomic E-state index is 0.0187. The quantitative estimate of drug-likeness (QED) is 0.737. The molecular formula is C21H35N3O3. The number of morpholine rings is 1. The summed E-state index contributed by atoms with van der Waals surface area (Å²) >= 11 is 0. The topological polar surface area (TPSA) is 70.7 Å². The van der Waals surface area contributed by atoms with E-state index in [-0.39, 0.29) is 40.8 Å². The maximum absolute atomic E-state index is 13.1. The standard InChI is InChI=1S/C21H35N3O3/c1-20(2)13-15(14-21(3,4)23-20)22-18(25)16-7-5-6-8-17(16)19(26)24-9-11-27-12-10-24/h5-6,15-17,23H,7-14H2,1-4H3,(H,22,25). The summed E-state index contributed by atoms with van der Waals surface area (Å²) in [6, 6.07) is 0.133. The highest BCUT2D eigenvalue weighted by Crippen LogP contribution is 2.31. The minimum atomic E-state index is -0.272. The van der Waals surface area contributed by atoms with Crippen molar-refractivity contribution in [3.8, 4) is 0 Å². The zero-order chi connectivity index (χ0) is 19.7. The van der Waals surface area contributed by atoms with Crippen LogP contribution in [0.1, 0.15) is 53.4 Å². The number of piperidine rings is 1. The Morgan fingerprint density at radius 2 is 1.56 bits per heavy atom. The van der Waals surface area contributed by atoms with Gasteiger partial charge in [-0.2, -0.15) is 0 Å². The normalized spacial score (nSPS) is 30.7. The van der Waals surface area contributed by atoms with Gasteiger partial charge < -0.3 is 20.3 Å². The Balaban J connectivity index is 1.66. The fourth-order valence-electron chi connectivity index (χ4n) is 5.13. The molecule has 1 aliphatic carbocycles. The van der Waals surface area contributed by atoms with Gasteiger partial charge in [-0.25, -0.2) is 0 Å². The van der Waals surface area contributed by atoms with E-state index in [9.17, 15) is 9.59 Å². The van der Waals surface area contributed by atoms with Crippen LogP contribution in [0.3, 0.4) is 0 Å². The number of nitrogens with one attached hydrogen (secondary N) is 2. The van der Waals surface area contributed by atoms with Crippen molar-refractivity contribution in [1.29, 1.82) is 0 Å². The first-order valence-corrected chi connectivity index (χ1v) is 10.3. The summed E-state index contributed by atoms with van der Waals surface area (Å²) in [5.74, 6) is -0.388. The Kier molecular flexibility index (Phi) is 5.96. The smallest absolute Gasteiger partial charge is 0.226 e. The van der Waals surface area contributed by atoms with E-state index in [0.29, 0.717) is 39.1 Å². The van der Waals surface area contributed by atoms with Crippen molar-refractivity contribution in [2.45, 2.75) is 70.5 Å². The molecule has 0 aromatic rings. The van der Waals surface area contributed by atoms with Gasteiger partial charge in [0.05, 0.1) is 25.0 Å². The molecular weight excluding hydrogens is 342 g/mol. The lowest BCUT2D eigenvalue weighted by Gasteiger charge is -2.47. The van der Waals surface area contributed by atoms with E-state index in [4.69, 9.17) is 4.74 Å². The molecule has 2 saturated heterocycles. The highest BCUT2D eigenvalue weighted by Gasteiger charge is 2.41. The van der Waals surface area contributed by atoms with Crippen LogP contribution in [0.5, 0.6) is 0 Å². The second kappa shape index (κ2) is 7.92. The van der Waals surface area contributed by atoms with Crippen LogP contribution in [-0.4, -0.2) is 60.1 Å². The highest BCUT2D eigenvalue weighted by molar-refractivity contribution is 5.88. The number of carbonyl (C=O) groups excluding carboxylic acids is 2. The van der Waals surface area contributed by atoms with Crippen LogP contribution >= 0.6 is 0 Å². The number of carbonyl (C=O) groups is 2. The molecule has 0 radical (unpaired) electrons. The molecule has 2 unspecified atom stereocenters. The van der Waals surface area contributed by atoms with Gasteiger partial charge in [-0.1, -0.05) is 12.2 Å². The zero-order valence-electron chi connectivity index (χ0n) is 17.2. The monoisotopic (exact) mass is 377 g/mol. The Morgan fingerprint density at radius 1 is 1.00 bits per heavy atom. The van der Waals surface area contributed by atoms with E-state index in [2.05, 4.69) is 38.3 Å². The number of nitrogens with zero attached hydrogens (tertiary/aromatic N) is 1. The van der Waals surface area contributed by atoms with Crippen molar-refractivity contribution in [3.63, 3.8) is 0 Å². The van der Waals surface area contributed by atoms with Gasteiger partial charge in [0.25, 0.3) is 0 Å². The largest absolute Gasteiger partial charge is 0.378 e. The summed E-state index contributed by atoms with van der Waals surface area (Å²) in [5, 5.41) is 6.93. The fourth-order valence-corrected chi connectivity index (χ4v) is 5.13. The molecule has 0 spiro atoms. The van der Waals surface area contributed by atoms with Crippen molar-refractivity contribution >= 4 is 11.8 Å². The van der Waals surface area contributed by atoms with Crippen molar-refractivity contribution in [3.05, 3.63) is 12.2 Å².